The van der Waals surface area contributed by atoms with Crippen LogP contribution in [0.1, 0.15) is 84.0 Å². The van der Waals surface area contributed by atoms with Crippen molar-refractivity contribution in [2.45, 2.75) is 84.0 Å². The van der Waals surface area contributed by atoms with Crippen LogP contribution in [0.25, 0.3) is 0 Å². The van der Waals surface area contributed by atoms with Crippen LogP contribution in [0.2, 0.25) is 0 Å². The fourth-order valence-electron chi connectivity index (χ4n) is 5.29. The largest absolute Gasteiger partial charge is 0.303 e. The van der Waals surface area contributed by atoms with E-state index in [0.717, 1.165) is 23.7 Å². The molecule has 0 bridgehead atoms. The zero-order chi connectivity index (χ0) is 14.5. The molecular formula is C20H37N. The quantitative estimate of drug-likeness (QED) is 0.661. The molecule has 2 atom stereocenters. The lowest BCUT2D eigenvalue weighted by Gasteiger charge is -2.38. The maximum absolute atomic E-state index is 2.81. The summed E-state index contributed by atoms with van der Waals surface area (Å²) in [5.41, 5.74) is 0. The van der Waals surface area contributed by atoms with Crippen molar-refractivity contribution >= 4 is 0 Å². The molecule has 0 aromatic carbocycles. The lowest BCUT2D eigenvalue weighted by atomic mass is 9.78. The molecule has 21 heavy (non-hydrogen) atoms. The molecule has 1 heteroatoms. The van der Waals surface area contributed by atoms with Crippen LogP contribution in [0.15, 0.2) is 0 Å². The number of piperidine rings is 1. The van der Waals surface area contributed by atoms with Crippen molar-refractivity contribution in [2.75, 3.05) is 19.6 Å². The van der Waals surface area contributed by atoms with Crippen LogP contribution in [-0.2, 0) is 0 Å². The molecule has 1 saturated heterocycles. The lowest BCUT2D eigenvalue weighted by molar-refractivity contribution is 0.112. The summed E-state index contributed by atoms with van der Waals surface area (Å²) in [6.07, 6.45) is 18.2. The molecule has 2 saturated carbocycles. The van der Waals surface area contributed by atoms with Gasteiger partial charge in [0.15, 0.2) is 0 Å². The van der Waals surface area contributed by atoms with E-state index in [9.17, 15) is 0 Å². The van der Waals surface area contributed by atoms with Crippen molar-refractivity contribution in [1.29, 1.82) is 0 Å². The molecule has 3 fully saturated rings. The smallest absolute Gasteiger partial charge is 0.00122 e. The molecule has 1 heterocycles. The number of rotatable bonds is 4. The third-order valence-corrected chi connectivity index (χ3v) is 6.88. The van der Waals surface area contributed by atoms with E-state index in [0.29, 0.717) is 0 Å². The van der Waals surface area contributed by atoms with E-state index in [1.54, 1.807) is 19.3 Å². The fourth-order valence-corrected chi connectivity index (χ4v) is 5.29. The van der Waals surface area contributed by atoms with Gasteiger partial charge in [0.1, 0.15) is 0 Å². The zero-order valence-electron chi connectivity index (χ0n) is 14.4. The number of hydrogen-bond acceptors (Lipinski definition) is 1. The van der Waals surface area contributed by atoms with Crippen LogP contribution in [0, 0.1) is 23.7 Å². The van der Waals surface area contributed by atoms with Crippen molar-refractivity contribution in [3.63, 3.8) is 0 Å². The van der Waals surface area contributed by atoms with Crippen LogP contribution in [-0.4, -0.2) is 24.5 Å². The predicted molar refractivity (Wildman–Crippen MR) is 91.5 cm³/mol. The molecule has 0 N–H and O–H groups in total. The van der Waals surface area contributed by atoms with Gasteiger partial charge >= 0.3 is 0 Å². The highest BCUT2D eigenvalue weighted by molar-refractivity contribution is 4.80. The molecule has 122 valence electrons. The first-order valence-electron chi connectivity index (χ1n) is 10.0. The standard InChI is InChI=1S/C20H37N/c1-17-7-5-6-10-20(17)16-21-13-11-19(12-14-21)15-18-8-3-2-4-9-18/h17-20H,2-16H2,1H3. The maximum atomic E-state index is 2.81. The highest BCUT2D eigenvalue weighted by atomic mass is 15.1. The van der Waals surface area contributed by atoms with Crippen molar-refractivity contribution in [2.24, 2.45) is 23.7 Å². The Labute approximate surface area is 132 Å². The van der Waals surface area contributed by atoms with Gasteiger partial charge in [-0.15, -0.1) is 0 Å². The molecule has 1 nitrogen and oxygen atoms in total. The van der Waals surface area contributed by atoms with Crippen LogP contribution < -0.4 is 0 Å². The topological polar surface area (TPSA) is 3.24 Å². The zero-order valence-corrected chi connectivity index (χ0v) is 14.4. The first-order chi connectivity index (χ1) is 10.3. The van der Waals surface area contributed by atoms with E-state index < -0.39 is 0 Å². The minimum Gasteiger partial charge on any atom is -0.303 e. The van der Waals surface area contributed by atoms with E-state index in [1.165, 1.54) is 77.4 Å². The second-order valence-electron chi connectivity index (χ2n) is 8.51. The third-order valence-electron chi connectivity index (χ3n) is 6.88. The van der Waals surface area contributed by atoms with Gasteiger partial charge in [-0.25, -0.2) is 0 Å². The SMILES string of the molecule is CC1CCCCC1CN1CCC(CC2CCCCC2)CC1. The molecule has 0 amide bonds. The molecule has 0 radical (unpaired) electrons. The van der Waals surface area contributed by atoms with E-state index >= 15 is 0 Å². The van der Waals surface area contributed by atoms with Crippen LogP contribution in [0.5, 0.6) is 0 Å². The Bertz CT molecular complexity index is 286. The Hall–Kier alpha value is -0.0400. The van der Waals surface area contributed by atoms with Crippen molar-refractivity contribution in [3.05, 3.63) is 0 Å². The van der Waals surface area contributed by atoms with Crippen molar-refractivity contribution in [1.82, 2.24) is 4.90 Å². The Morgan fingerprint density at radius 3 is 2.05 bits per heavy atom. The minimum atomic E-state index is 0.985. The summed E-state index contributed by atoms with van der Waals surface area (Å²) in [4.78, 5) is 2.81. The number of nitrogens with zero attached hydrogens (tertiary/aromatic N) is 1. The van der Waals surface area contributed by atoms with Crippen LogP contribution in [0.3, 0.4) is 0 Å². The Kier molecular flexibility index (Phi) is 6.03. The van der Waals surface area contributed by atoms with E-state index in [4.69, 9.17) is 0 Å². The average molecular weight is 292 g/mol. The lowest BCUT2D eigenvalue weighted by Crippen LogP contribution is -2.39. The molecule has 0 aromatic rings. The van der Waals surface area contributed by atoms with Gasteiger partial charge < -0.3 is 4.90 Å². The number of likely N-dealkylation sites (tertiary alicyclic amines) is 1. The van der Waals surface area contributed by atoms with Crippen LogP contribution in [0.4, 0.5) is 0 Å². The van der Waals surface area contributed by atoms with Gasteiger partial charge in [0.2, 0.25) is 0 Å². The van der Waals surface area contributed by atoms with Gasteiger partial charge in [0.25, 0.3) is 0 Å². The molecule has 3 aliphatic rings. The van der Waals surface area contributed by atoms with E-state index in [1.807, 2.05) is 0 Å². The Morgan fingerprint density at radius 1 is 0.714 bits per heavy atom. The second-order valence-corrected chi connectivity index (χ2v) is 8.51. The van der Waals surface area contributed by atoms with Gasteiger partial charge in [-0.2, -0.15) is 0 Å². The first kappa shape index (κ1) is 15.8. The summed E-state index contributed by atoms with van der Waals surface area (Å²) < 4.78 is 0. The van der Waals surface area contributed by atoms with E-state index in [2.05, 4.69) is 11.8 Å². The normalized spacial score (nSPS) is 34.1. The fraction of sp³-hybridized carbons (Fsp3) is 1.00. The number of hydrogen-bond donors (Lipinski definition) is 0. The highest BCUT2D eigenvalue weighted by Crippen LogP contribution is 2.34. The molecule has 2 aliphatic carbocycles. The summed E-state index contributed by atoms with van der Waals surface area (Å²) in [6.45, 7) is 6.72. The summed E-state index contributed by atoms with van der Waals surface area (Å²) in [5, 5.41) is 0. The molecule has 1 aliphatic heterocycles. The van der Waals surface area contributed by atoms with Crippen molar-refractivity contribution < 1.29 is 0 Å². The summed E-state index contributed by atoms with van der Waals surface area (Å²) in [6, 6.07) is 0. The van der Waals surface area contributed by atoms with Gasteiger partial charge in [-0.3, -0.25) is 0 Å². The van der Waals surface area contributed by atoms with E-state index in [-0.39, 0.29) is 0 Å². The molecule has 0 spiro atoms. The van der Waals surface area contributed by atoms with Gasteiger partial charge in [0.05, 0.1) is 0 Å². The second kappa shape index (κ2) is 7.99. The maximum Gasteiger partial charge on any atom is 0.00122 e. The Balaban J connectivity index is 1.36. The highest BCUT2D eigenvalue weighted by Gasteiger charge is 2.27. The Morgan fingerprint density at radius 2 is 1.33 bits per heavy atom. The predicted octanol–water partition coefficient (Wildman–Crippen LogP) is 5.50. The van der Waals surface area contributed by atoms with Crippen molar-refractivity contribution in [3.8, 4) is 0 Å². The minimum absolute atomic E-state index is 0.985. The third kappa shape index (κ3) is 4.71. The average Bonchev–Trinajstić information content (AvgIpc) is 2.52. The molecule has 3 rings (SSSR count). The molecule has 0 aromatic heterocycles. The van der Waals surface area contributed by atoms with Gasteiger partial charge in [-0.05, 0) is 62.4 Å². The summed E-state index contributed by atoms with van der Waals surface area (Å²) in [5.74, 6) is 4.15. The van der Waals surface area contributed by atoms with Crippen LogP contribution >= 0.6 is 0 Å². The molecule has 2 unspecified atom stereocenters. The summed E-state index contributed by atoms with van der Waals surface area (Å²) >= 11 is 0. The monoisotopic (exact) mass is 291 g/mol. The summed E-state index contributed by atoms with van der Waals surface area (Å²) in [7, 11) is 0. The first-order valence-corrected chi connectivity index (χ1v) is 10.0. The van der Waals surface area contributed by atoms with Gasteiger partial charge in [0, 0.05) is 6.54 Å². The molecular weight excluding hydrogens is 254 g/mol. The van der Waals surface area contributed by atoms with Gasteiger partial charge in [-0.1, -0.05) is 58.3 Å².